The lowest BCUT2D eigenvalue weighted by Gasteiger charge is -2.09. The van der Waals surface area contributed by atoms with E-state index in [9.17, 15) is 18.0 Å². The maximum absolute atomic E-state index is 12.0. The molecule has 0 saturated carbocycles. The van der Waals surface area contributed by atoms with Crippen LogP contribution in [0.5, 0.6) is 5.75 Å². The van der Waals surface area contributed by atoms with Gasteiger partial charge in [0.25, 0.3) is 5.56 Å². The van der Waals surface area contributed by atoms with Gasteiger partial charge in [-0.05, 0) is 34.1 Å². The van der Waals surface area contributed by atoms with Gasteiger partial charge in [0.1, 0.15) is 5.75 Å². The molecule has 0 saturated heterocycles. The van der Waals surface area contributed by atoms with Crippen molar-refractivity contribution in [2.24, 2.45) is 0 Å². The quantitative estimate of drug-likeness (QED) is 0.922. The van der Waals surface area contributed by atoms with Crippen LogP contribution < -0.4 is 10.3 Å². The third-order valence-corrected chi connectivity index (χ3v) is 2.88. The van der Waals surface area contributed by atoms with Crippen LogP contribution in [0.4, 0.5) is 13.2 Å². The minimum atomic E-state index is -4.40. The molecule has 1 N–H and O–H groups in total. The number of halogens is 4. The van der Waals surface area contributed by atoms with Gasteiger partial charge in [0.15, 0.2) is 6.61 Å². The summed E-state index contributed by atoms with van der Waals surface area (Å²) in [5.41, 5.74) is -0.384. The standard InChI is InChI=1S/C11H7BrF3NO2/c12-9-4-16-10(17)8-3-6(1-2-7(8)9)18-5-11(13,14)15/h1-4H,5H2,(H,16,17). The molecule has 0 bridgehead atoms. The molecule has 0 unspecified atom stereocenters. The minimum absolute atomic E-state index is 0.00317. The molecule has 0 aliphatic heterocycles. The first-order valence-corrected chi connectivity index (χ1v) is 5.66. The summed E-state index contributed by atoms with van der Waals surface area (Å²) in [5.74, 6) is 0.00317. The van der Waals surface area contributed by atoms with Crippen LogP contribution >= 0.6 is 15.9 Å². The average molecular weight is 322 g/mol. The number of hydrogen-bond acceptors (Lipinski definition) is 2. The summed E-state index contributed by atoms with van der Waals surface area (Å²) in [4.78, 5) is 14.0. The molecule has 0 spiro atoms. The molecule has 2 rings (SSSR count). The number of pyridine rings is 1. The second-order valence-corrected chi connectivity index (χ2v) is 4.43. The van der Waals surface area contributed by atoms with E-state index < -0.39 is 12.8 Å². The Labute approximate surface area is 108 Å². The van der Waals surface area contributed by atoms with Gasteiger partial charge in [0, 0.05) is 16.1 Å². The summed E-state index contributed by atoms with van der Waals surface area (Å²) in [6, 6.07) is 4.20. The van der Waals surface area contributed by atoms with Crippen molar-refractivity contribution in [1.82, 2.24) is 4.98 Å². The van der Waals surface area contributed by atoms with E-state index in [1.165, 1.54) is 24.4 Å². The van der Waals surface area contributed by atoms with Crippen LogP contribution in [-0.4, -0.2) is 17.8 Å². The summed E-state index contributed by atoms with van der Waals surface area (Å²) in [5, 5.41) is 0.877. The largest absolute Gasteiger partial charge is 0.484 e. The van der Waals surface area contributed by atoms with Crippen LogP contribution in [0.3, 0.4) is 0 Å². The fraction of sp³-hybridized carbons (Fsp3) is 0.182. The van der Waals surface area contributed by atoms with Crippen molar-refractivity contribution >= 4 is 26.7 Å². The minimum Gasteiger partial charge on any atom is -0.484 e. The van der Waals surface area contributed by atoms with Crippen molar-refractivity contribution in [3.63, 3.8) is 0 Å². The van der Waals surface area contributed by atoms with Crippen molar-refractivity contribution in [3.05, 3.63) is 39.2 Å². The molecule has 18 heavy (non-hydrogen) atoms. The van der Waals surface area contributed by atoms with Crippen molar-refractivity contribution in [3.8, 4) is 5.75 Å². The number of H-pyrrole nitrogens is 1. The molecule has 7 heteroatoms. The SMILES string of the molecule is O=c1[nH]cc(Br)c2ccc(OCC(F)(F)F)cc12. The van der Waals surface area contributed by atoms with E-state index in [1.54, 1.807) is 0 Å². The van der Waals surface area contributed by atoms with Crippen LogP contribution in [0.25, 0.3) is 10.8 Å². The van der Waals surface area contributed by atoms with E-state index in [1.807, 2.05) is 0 Å². The normalized spacial score (nSPS) is 11.8. The van der Waals surface area contributed by atoms with Crippen LogP contribution in [0.1, 0.15) is 0 Å². The first kappa shape index (κ1) is 12.9. The van der Waals surface area contributed by atoms with Gasteiger partial charge in [-0.25, -0.2) is 0 Å². The number of fused-ring (bicyclic) bond motifs is 1. The molecule has 0 fully saturated rings. The van der Waals surface area contributed by atoms with E-state index in [4.69, 9.17) is 0 Å². The lowest BCUT2D eigenvalue weighted by Crippen LogP contribution is -2.19. The van der Waals surface area contributed by atoms with Gasteiger partial charge in [-0.2, -0.15) is 13.2 Å². The van der Waals surface area contributed by atoms with E-state index in [0.717, 1.165) is 0 Å². The van der Waals surface area contributed by atoms with Gasteiger partial charge < -0.3 is 9.72 Å². The van der Waals surface area contributed by atoms with Gasteiger partial charge in [0.05, 0.1) is 5.39 Å². The summed E-state index contributed by atoms with van der Waals surface area (Å²) in [6.07, 6.45) is -2.93. The fourth-order valence-corrected chi connectivity index (χ4v) is 1.92. The van der Waals surface area contributed by atoms with Gasteiger partial charge in [-0.1, -0.05) is 0 Å². The van der Waals surface area contributed by atoms with Gasteiger partial charge in [0.2, 0.25) is 0 Å². The highest BCUT2D eigenvalue weighted by Crippen LogP contribution is 2.25. The Balaban J connectivity index is 2.39. The Kier molecular flexibility index (Phi) is 3.34. The van der Waals surface area contributed by atoms with Crippen LogP contribution in [0, 0.1) is 0 Å². The zero-order valence-corrected chi connectivity index (χ0v) is 10.4. The van der Waals surface area contributed by atoms with Crippen LogP contribution in [0.2, 0.25) is 0 Å². The third kappa shape index (κ3) is 2.84. The zero-order valence-electron chi connectivity index (χ0n) is 8.84. The first-order chi connectivity index (χ1) is 8.37. The summed E-state index contributed by atoms with van der Waals surface area (Å²) < 4.78 is 41.2. The molecule has 2 aromatic rings. The topological polar surface area (TPSA) is 42.1 Å². The van der Waals surface area contributed by atoms with Crippen molar-refractivity contribution in [2.45, 2.75) is 6.18 Å². The van der Waals surface area contributed by atoms with Crippen LogP contribution in [-0.2, 0) is 0 Å². The molecule has 1 heterocycles. The number of ether oxygens (including phenoxy) is 1. The molecular weight excluding hydrogens is 315 g/mol. The fourth-order valence-electron chi connectivity index (χ4n) is 1.46. The summed E-state index contributed by atoms with van der Waals surface area (Å²) in [7, 11) is 0. The summed E-state index contributed by atoms with van der Waals surface area (Å²) in [6.45, 7) is -1.38. The molecule has 0 atom stereocenters. The highest BCUT2D eigenvalue weighted by molar-refractivity contribution is 9.10. The monoisotopic (exact) mass is 321 g/mol. The Morgan fingerprint density at radius 3 is 2.67 bits per heavy atom. The highest BCUT2D eigenvalue weighted by atomic mass is 79.9. The Bertz CT molecular complexity index is 636. The van der Waals surface area contributed by atoms with Crippen molar-refractivity contribution in [1.29, 1.82) is 0 Å². The van der Waals surface area contributed by atoms with Gasteiger partial charge >= 0.3 is 6.18 Å². The molecule has 0 aliphatic carbocycles. The van der Waals surface area contributed by atoms with Gasteiger partial charge in [-0.3, -0.25) is 4.79 Å². The van der Waals surface area contributed by atoms with E-state index in [-0.39, 0.29) is 16.7 Å². The van der Waals surface area contributed by atoms with E-state index in [0.29, 0.717) is 9.86 Å². The zero-order chi connectivity index (χ0) is 13.3. The smallest absolute Gasteiger partial charge is 0.422 e. The molecular formula is C11H7BrF3NO2. The number of hydrogen-bond donors (Lipinski definition) is 1. The molecule has 0 aliphatic rings. The molecule has 0 amide bonds. The number of rotatable bonds is 2. The number of aromatic nitrogens is 1. The molecule has 3 nitrogen and oxygen atoms in total. The highest BCUT2D eigenvalue weighted by Gasteiger charge is 2.28. The Hall–Kier alpha value is -1.50. The van der Waals surface area contributed by atoms with Crippen molar-refractivity contribution < 1.29 is 17.9 Å². The lowest BCUT2D eigenvalue weighted by atomic mass is 10.2. The summed E-state index contributed by atoms with van der Waals surface area (Å²) >= 11 is 3.24. The number of nitrogens with one attached hydrogen (secondary N) is 1. The van der Waals surface area contributed by atoms with Crippen LogP contribution in [0.15, 0.2) is 33.7 Å². The van der Waals surface area contributed by atoms with Crippen molar-refractivity contribution in [2.75, 3.05) is 6.61 Å². The molecule has 0 radical (unpaired) electrons. The van der Waals surface area contributed by atoms with Gasteiger partial charge in [-0.15, -0.1) is 0 Å². The predicted octanol–water partition coefficient (Wildman–Crippen LogP) is 3.23. The number of aromatic amines is 1. The van der Waals surface area contributed by atoms with E-state index >= 15 is 0 Å². The van der Waals surface area contributed by atoms with E-state index in [2.05, 4.69) is 25.7 Å². The second-order valence-electron chi connectivity index (χ2n) is 3.58. The Morgan fingerprint density at radius 1 is 1.28 bits per heavy atom. The molecule has 96 valence electrons. The number of benzene rings is 1. The average Bonchev–Trinajstić information content (AvgIpc) is 2.30. The molecule has 1 aromatic carbocycles. The second kappa shape index (κ2) is 4.64. The third-order valence-electron chi connectivity index (χ3n) is 2.23. The maximum atomic E-state index is 12.0. The molecule has 1 aromatic heterocycles. The predicted molar refractivity (Wildman–Crippen MR) is 63.8 cm³/mol. The Morgan fingerprint density at radius 2 is 2.00 bits per heavy atom. The number of alkyl halides is 3. The maximum Gasteiger partial charge on any atom is 0.422 e. The first-order valence-electron chi connectivity index (χ1n) is 4.87. The lowest BCUT2D eigenvalue weighted by molar-refractivity contribution is -0.153.